The number of amides is 1. The van der Waals surface area contributed by atoms with Crippen molar-refractivity contribution in [2.24, 2.45) is 0 Å². The van der Waals surface area contributed by atoms with E-state index in [-0.39, 0.29) is 17.2 Å². The van der Waals surface area contributed by atoms with Gasteiger partial charge in [0.2, 0.25) is 0 Å². The lowest BCUT2D eigenvalue weighted by atomic mass is 10.0. The summed E-state index contributed by atoms with van der Waals surface area (Å²) in [6, 6.07) is 3.43. The van der Waals surface area contributed by atoms with Crippen molar-refractivity contribution in [1.82, 2.24) is 4.90 Å². The molecule has 0 N–H and O–H groups in total. The highest BCUT2D eigenvalue weighted by atomic mass is 19.1. The molecule has 0 aromatic heterocycles. The van der Waals surface area contributed by atoms with Crippen LogP contribution in [0.25, 0.3) is 0 Å². The van der Waals surface area contributed by atoms with E-state index in [4.69, 9.17) is 9.47 Å². The smallest absolute Gasteiger partial charge is 0.328 e. The van der Waals surface area contributed by atoms with Gasteiger partial charge in [0.05, 0.1) is 14.2 Å². The van der Waals surface area contributed by atoms with Crippen LogP contribution in [0, 0.1) is 5.82 Å². The van der Waals surface area contributed by atoms with Gasteiger partial charge in [-0.1, -0.05) is 0 Å². The van der Waals surface area contributed by atoms with Crippen LogP contribution in [0.4, 0.5) is 4.39 Å². The lowest BCUT2D eigenvalue weighted by molar-refractivity contribution is -0.147. The Hall–Kier alpha value is -2.11. The molecule has 21 heavy (non-hydrogen) atoms. The molecule has 1 aromatic rings. The summed E-state index contributed by atoms with van der Waals surface area (Å²) in [7, 11) is 2.66. The Morgan fingerprint density at radius 2 is 2.05 bits per heavy atom. The minimum absolute atomic E-state index is 0.0784. The minimum atomic E-state index is -0.602. The third kappa shape index (κ3) is 3.15. The van der Waals surface area contributed by atoms with E-state index < -0.39 is 17.8 Å². The number of ether oxygens (including phenoxy) is 2. The normalized spacial score (nSPS) is 18.2. The number of halogens is 1. The molecule has 1 atom stereocenters. The Kier molecular flexibility index (Phi) is 4.77. The lowest BCUT2D eigenvalue weighted by Gasteiger charge is -2.33. The van der Waals surface area contributed by atoms with Crippen LogP contribution in [-0.2, 0) is 9.53 Å². The van der Waals surface area contributed by atoms with Crippen LogP contribution < -0.4 is 4.74 Å². The average Bonchev–Trinajstić information content (AvgIpc) is 2.53. The molecule has 114 valence electrons. The van der Waals surface area contributed by atoms with Crippen molar-refractivity contribution in [3.63, 3.8) is 0 Å². The summed E-state index contributed by atoms with van der Waals surface area (Å²) in [5.74, 6) is -1.33. The van der Waals surface area contributed by atoms with Gasteiger partial charge in [-0.3, -0.25) is 4.79 Å². The molecule has 1 aliphatic rings. The average molecular weight is 295 g/mol. The summed E-state index contributed by atoms with van der Waals surface area (Å²) < 4.78 is 23.3. The molecule has 0 bridgehead atoms. The Bertz CT molecular complexity index is 546. The molecule has 1 saturated heterocycles. The van der Waals surface area contributed by atoms with Gasteiger partial charge in [0.1, 0.15) is 6.04 Å². The fraction of sp³-hybridized carbons (Fsp3) is 0.467. The van der Waals surface area contributed by atoms with E-state index in [1.165, 1.54) is 31.3 Å². The predicted molar refractivity (Wildman–Crippen MR) is 73.6 cm³/mol. The molecule has 0 spiro atoms. The molecule has 1 amide bonds. The first-order valence-electron chi connectivity index (χ1n) is 6.80. The number of hydrogen-bond acceptors (Lipinski definition) is 4. The third-order valence-electron chi connectivity index (χ3n) is 3.64. The molecule has 1 fully saturated rings. The minimum Gasteiger partial charge on any atom is -0.494 e. The van der Waals surface area contributed by atoms with Gasteiger partial charge < -0.3 is 14.4 Å². The topological polar surface area (TPSA) is 55.8 Å². The fourth-order valence-corrected chi connectivity index (χ4v) is 2.52. The number of carbonyl (C=O) groups excluding carboxylic acids is 2. The molecule has 0 aliphatic carbocycles. The second-order valence-electron chi connectivity index (χ2n) is 4.88. The number of methoxy groups -OCH3 is 2. The van der Waals surface area contributed by atoms with Crippen molar-refractivity contribution in [2.75, 3.05) is 20.8 Å². The lowest BCUT2D eigenvalue weighted by Crippen LogP contribution is -2.48. The molecular weight excluding hydrogens is 277 g/mol. The Labute approximate surface area is 122 Å². The van der Waals surface area contributed by atoms with Crippen LogP contribution in [-0.4, -0.2) is 43.6 Å². The van der Waals surface area contributed by atoms with E-state index in [2.05, 4.69) is 0 Å². The highest BCUT2D eigenvalue weighted by Gasteiger charge is 2.33. The number of carbonyl (C=O) groups is 2. The number of esters is 1. The molecule has 0 unspecified atom stereocenters. The van der Waals surface area contributed by atoms with E-state index in [1.54, 1.807) is 0 Å². The van der Waals surface area contributed by atoms with Gasteiger partial charge in [0.15, 0.2) is 11.6 Å². The summed E-state index contributed by atoms with van der Waals surface area (Å²) in [6.07, 6.45) is 2.25. The maximum Gasteiger partial charge on any atom is 0.328 e. The van der Waals surface area contributed by atoms with Crippen LogP contribution in [0.2, 0.25) is 0 Å². The van der Waals surface area contributed by atoms with E-state index >= 15 is 0 Å². The second-order valence-corrected chi connectivity index (χ2v) is 4.88. The van der Waals surface area contributed by atoms with Crippen LogP contribution in [0.3, 0.4) is 0 Å². The van der Waals surface area contributed by atoms with Crippen molar-refractivity contribution >= 4 is 11.9 Å². The number of piperidine rings is 1. The van der Waals surface area contributed by atoms with Gasteiger partial charge in [-0.25, -0.2) is 9.18 Å². The summed E-state index contributed by atoms with van der Waals surface area (Å²) in [4.78, 5) is 25.7. The number of benzene rings is 1. The van der Waals surface area contributed by atoms with Crippen LogP contribution in [0.1, 0.15) is 29.6 Å². The standard InChI is InChI=1S/C15H18FNO4/c1-20-13-7-6-10(9-11(13)16)14(18)17-8-4-3-5-12(17)15(19)21-2/h6-7,9,12H,3-5,8H2,1-2H3/t12-/m1/s1. The van der Waals surface area contributed by atoms with Gasteiger partial charge in [-0.15, -0.1) is 0 Å². The monoisotopic (exact) mass is 295 g/mol. The SMILES string of the molecule is COC(=O)[C@H]1CCCCN1C(=O)c1ccc(OC)c(F)c1. The number of hydrogen-bond donors (Lipinski definition) is 0. The summed E-state index contributed by atoms with van der Waals surface area (Å²) >= 11 is 0. The molecular formula is C15H18FNO4. The fourth-order valence-electron chi connectivity index (χ4n) is 2.52. The molecule has 0 saturated carbocycles. The molecule has 0 radical (unpaired) electrons. The van der Waals surface area contributed by atoms with Crippen molar-refractivity contribution in [3.05, 3.63) is 29.6 Å². The first kappa shape index (κ1) is 15.3. The highest BCUT2D eigenvalue weighted by molar-refractivity contribution is 5.97. The highest BCUT2D eigenvalue weighted by Crippen LogP contribution is 2.23. The van der Waals surface area contributed by atoms with E-state index in [0.29, 0.717) is 13.0 Å². The van der Waals surface area contributed by atoms with E-state index in [0.717, 1.165) is 18.9 Å². The van der Waals surface area contributed by atoms with E-state index in [9.17, 15) is 14.0 Å². The van der Waals surface area contributed by atoms with Crippen LogP contribution in [0.15, 0.2) is 18.2 Å². The molecule has 6 heteroatoms. The molecule has 1 aromatic carbocycles. The zero-order chi connectivity index (χ0) is 15.4. The Morgan fingerprint density at radius 3 is 2.67 bits per heavy atom. The zero-order valence-corrected chi connectivity index (χ0v) is 12.1. The van der Waals surface area contributed by atoms with Gasteiger partial charge in [0.25, 0.3) is 5.91 Å². The maximum absolute atomic E-state index is 13.7. The Morgan fingerprint density at radius 1 is 1.29 bits per heavy atom. The molecule has 5 nitrogen and oxygen atoms in total. The third-order valence-corrected chi connectivity index (χ3v) is 3.64. The van der Waals surface area contributed by atoms with Crippen molar-refractivity contribution in [3.8, 4) is 5.75 Å². The molecule has 2 rings (SSSR count). The number of likely N-dealkylation sites (tertiary alicyclic amines) is 1. The van der Waals surface area contributed by atoms with Gasteiger partial charge in [-0.2, -0.15) is 0 Å². The predicted octanol–water partition coefficient (Wildman–Crippen LogP) is 2.00. The van der Waals surface area contributed by atoms with Crippen LogP contribution >= 0.6 is 0 Å². The van der Waals surface area contributed by atoms with Crippen molar-refractivity contribution in [2.45, 2.75) is 25.3 Å². The first-order valence-corrected chi connectivity index (χ1v) is 6.80. The zero-order valence-electron chi connectivity index (χ0n) is 12.1. The largest absolute Gasteiger partial charge is 0.494 e. The number of nitrogens with zero attached hydrogens (tertiary/aromatic N) is 1. The maximum atomic E-state index is 13.7. The van der Waals surface area contributed by atoms with Crippen LogP contribution in [0.5, 0.6) is 5.75 Å². The Balaban J connectivity index is 2.24. The van der Waals surface area contributed by atoms with Gasteiger partial charge >= 0.3 is 5.97 Å². The van der Waals surface area contributed by atoms with Gasteiger partial charge in [0, 0.05) is 12.1 Å². The summed E-state index contributed by atoms with van der Waals surface area (Å²) in [5.41, 5.74) is 0.198. The first-order chi connectivity index (χ1) is 10.1. The molecule has 1 heterocycles. The van der Waals surface area contributed by atoms with Crippen molar-refractivity contribution in [1.29, 1.82) is 0 Å². The number of rotatable bonds is 3. The van der Waals surface area contributed by atoms with Gasteiger partial charge in [-0.05, 0) is 37.5 Å². The van der Waals surface area contributed by atoms with Crippen molar-refractivity contribution < 1.29 is 23.5 Å². The van der Waals surface area contributed by atoms with E-state index in [1.807, 2.05) is 0 Å². The quantitative estimate of drug-likeness (QED) is 0.800. The summed E-state index contributed by atoms with van der Waals surface area (Å²) in [6.45, 7) is 0.465. The second kappa shape index (κ2) is 6.56. The molecule has 1 aliphatic heterocycles. The summed E-state index contributed by atoms with van der Waals surface area (Å²) in [5, 5.41) is 0.